The van der Waals surface area contributed by atoms with Crippen molar-refractivity contribution in [3.8, 4) is 0 Å². The van der Waals surface area contributed by atoms with E-state index in [9.17, 15) is 0 Å². The average molecular weight is 191 g/mol. The van der Waals surface area contributed by atoms with Crippen molar-refractivity contribution in [1.29, 1.82) is 0 Å². The smallest absolute Gasteiger partial charge is 0.0254 e. The predicted octanol–water partition coefficient (Wildman–Crippen LogP) is 3.23. The van der Waals surface area contributed by atoms with Crippen LogP contribution in [0.1, 0.15) is 20.3 Å². The highest BCUT2D eigenvalue weighted by molar-refractivity contribution is 5.21. The lowest BCUT2D eigenvalue weighted by molar-refractivity contribution is 0.680. The van der Waals surface area contributed by atoms with Gasteiger partial charge in [0.05, 0.1) is 0 Å². The summed E-state index contributed by atoms with van der Waals surface area (Å²) in [7, 11) is 1.98. The van der Waals surface area contributed by atoms with Gasteiger partial charge in [-0.15, -0.1) is 0 Å². The third-order valence-corrected chi connectivity index (χ3v) is 2.14. The van der Waals surface area contributed by atoms with Gasteiger partial charge in [0, 0.05) is 6.04 Å². The fourth-order valence-electron chi connectivity index (χ4n) is 1.09. The molecule has 0 radical (unpaired) electrons. The highest BCUT2D eigenvalue weighted by Crippen LogP contribution is 2.08. The Bertz CT molecular complexity index is 234. The van der Waals surface area contributed by atoms with Crippen molar-refractivity contribution in [1.82, 2.24) is 5.32 Å². The molecule has 1 atom stereocenters. The molecular formula is C13H21N. The number of nitrogens with one attached hydrogen (secondary N) is 1. The Balaban J connectivity index is 4.44. The molecule has 0 aromatic heterocycles. The normalized spacial score (nSPS) is 15.2. The van der Waals surface area contributed by atoms with Crippen molar-refractivity contribution < 1.29 is 0 Å². The maximum Gasteiger partial charge on any atom is 0.0254 e. The SMILES string of the molecule is C=C/C=C\C=C(\C/C=C\C)C(C)NC. The molecule has 78 valence electrons. The van der Waals surface area contributed by atoms with Gasteiger partial charge in [-0.2, -0.15) is 0 Å². The van der Waals surface area contributed by atoms with E-state index < -0.39 is 0 Å². The zero-order chi connectivity index (χ0) is 10.8. The lowest BCUT2D eigenvalue weighted by Gasteiger charge is -2.12. The molecule has 0 aliphatic carbocycles. The first kappa shape index (κ1) is 12.9. The van der Waals surface area contributed by atoms with Crippen LogP contribution in [0.5, 0.6) is 0 Å². The standard InChI is InChI=1S/C13H21N/c1-5-7-9-11-13(10-8-6-2)12(3)14-4/h5-9,11-12,14H,1,10H2,2-4H3/b8-6-,9-7-,13-11-. The van der Waals surface area contributed by atoms with Gasteiger partial charge in [0.15, 0.2) is 0 Å². The molecule has 0 aliphatic rings. The van der Waals surface area contributed by atoms with Crippen LogP contribution in [0.3, 0.4) is 0 Å². The van der Waals surface area contributed by atoms with Crippen LogP contribution < -0.4 is 5.32 Å². The van der Waals surface area contributed by atoms with Crippen molar-refractivity contribution in [2.75, 3.05) is 7.05 Å². The maximum absolute atomic E-state index is 3.64. The van der Waals surface area contributed by atoms with Gasteiger partial charge >= 0.3 is 0 Å². The Morgan fingerprint density at radius 3 is 2.64 bits per heavy atom. The molecule has 0 rings (SSSR count). The van der Waals surface area contributed by atoms with Crippen molar-refractivity contribution in [2.45, 2.75) is 26.3 Å². The molecule has 0 aromatic carbocycles. The first-order chi connectivity index (χ1) is 6.76. The molecule has 0 bridgehead atoms. The van der Waals surface area contributed by atoms with E-state index in [0.717, 1.165) is 6.42 Å². The summed E-state index contributed by atoms with van der Waals surface area (Å²) in [6.07, 6.45) is 13.1. The van der Waals surface area contributed by atoms with Crippen LogP contribution in [0.25, 0.3) is 0 Å². The van der Waals surface area contributed by atoms with Gasteiger partial charge in [0.2, 0.25) is 0 Å². The van der Waals surface area contributed by atoms with Gasteiger partial charge in [0.25, 0.3) is 0 Å². The van der Waals surface area contributed by atoms with Crippen molar-refractivity contribution in [3.63, 3.8) is 0 Å². The first-order valence-electron chi connectivity index (χ1n) is 5.02. The zero-order valence-electron chi connectivity index (χ0n) is 9.46. The van der Waals surface area contributed by atoms with E-state index >= 15 is 0 Å². The fraction of sp³-hybridized carbons (Fsp3) is 0.385. The molecule has 0 saturated heterocycles. The Morgan fingerprint density at radius 2 is 2.14 bits per heavy atom. The van der Waals surface area contributed by atoms with Gasteiger partial charge < -0.3 is 5.32 Å². The highest BCUT2D eigenvalue weighted by atomic mass is 14.9. The van der Waals surface area contributed by atoms with Crippen LogP contribution in [-0.2, 0) is 0 Å². The largest absolute Gasteiger partial charge is 0.314 e. The van der Waals surface area contributed by atoms with Crippen molar-refractivity contribution >= 4 is 0 Å². The summed E-state index contributed by atoms with van der Waals surface area (Å²) in [5.74, 6) is 0. The van der Waals surface area contributed by atoms with Crippen LogP contribution in [0.4, 0.5) is 0 Å². The molecular weight excluding hydrogens is 170 g/mol. The second kappa shape index (κ2) is 8.52. The third-order valence-electron chi connectivity index (χ3n) is 2.14. The van der Waals surface area contributed by atoms with E-state index in [-0.39, 0.29) is 0 Å². The van der Waals surface area contributed by atoms with Crippen LogP contribution >= 0.6 is 0 Å². The second-order valence-electron chi connectivity index (χ2n) is 3.15. The second-order valence-corrected chi connectivity index (χ2v) is 3.15. The molecule has 0 aromatic rings. The molecule has 0 fully saturated rings. The van der Waals surface area contributed by atoms with Gasteiger partial charge in [-0.1, -0.05) is 43.0 Å². The molecule has 0 spiro atoms. The van der Waals surface area contributed by atoms with E-state index in [1.54, 1.807) is 6.08 Å². The van der Waals surface area contributed by atoms with E-state index in [4.69, 9.17) is 0 Å². The molecule has 1 N–H and O–H groups in total. The van der Waals surface area contributed by atoms with Gasteiger partial charge in [-0.25, -0.2) is 0 Å². The molecule has 1 unspecified atom stereocenters. The van der Waals surface area contributed by atoms with Crippen LogP contribution in [0.2, 0.25) is 0 Å². The summed E-state index contributed by atoms with van der Waals surface area (Å²) >= 11 is 0. The Morgan fingerprint density at radius 1 is 1.43 bits per heavy atom. The lowest BCUT2D eigenvalue weighted by atomic mass is 10.0. The monoisotopic (exact) mass is 191 g/mol. The van der Waals surface area contributed by atoms with Crippen LogP contribution in [0, 0.1) is 0 Å². The predicted molar refractivity (Wildman–Crippen MR) is 65.4 cm³/mol. The molecule has 1 heteroatoms. The minimum absolute atomic E-state index is 0.417. The summed E-state index contributed by atoms with van der Waals surface area (Å²) in [5, 5.41) is 3.24. The topological polar surface area (TPSA) is 12.0 Å². The highest BCUT2D eigenvalue weighted by Gasteiger charge is 2.02. The molecule has 1 nitrogen and oxygen atoms in total. The van der Waals surface area contributed by atoms with Gasteiger partial charge in [0.1, 0.15) is 0 Å². The van der Waals surface area contributed by atoms with Crippen molar-refractivity contribution in [2.24, 2.45) is 0 Å². The first-order valence-corrected chi connectivity index (χ1v) is 5.02. The van der Waals surface area contributed by atoms with Crippen LogP contribution in [-0.4, -0.2) is 13.1 Å². The number of hydrogen-bond acceptors (Lipinski definition) is 1. The third kappa shape index (κ3) is 5.55. The molecule has 14 heavy (non-hydrogen) atoms. The summed E-state index contributed by atoms with van der Waals surface area (Å²) in [6, 6.07) is 0.417. The lowest BCUT2D eigenvalue weighted by Crippen LogP contribution is -2.23. The molecule has 0 saturated carbocycles. The Hall–Kier alpha value is -1.08. The maximum atomic E-state index is 3.64. The quantitative estimate of drug-likeness (QED) is 0.502. The number of hydrogen-bond donors (Lipinski definition) is 1. The van der Waals surface area contributed by atoms with Gasteiger partial charge in [-0.05, 0) is 32.9 Å². The fourth-order valence-corrected chi connectivity index (χ4v) is 1.09. The summed E-state index contributed by atoms with van der Waals surface area (Å²) in [4.78, 5) is 0. The number of allylic oxidation sites excluding steroid dienone is 6. The summed E-state index contributed by atoms with van der Waals surface area (Å²) < 4.78 is 0. The zero-order valence-corrected chi connectivity index (χ0v) is 9.46. The summed E-state index contributed by atoms with van der Waals surface area (Å²) in [6.45, 7) is 7.85. The minimum atomic E-state index is 0.417. The van der Waals surface area contributed by atoms with E-state index in [1.807, 2.05) is 26.1 Å². The van der Waals surface area contributed by atoms with Crippen molar-refractivity contribution in [3.05, 3.63) is 48.6 Å². The number of likely N-dealkylation sites (N-methyl/N-ethyl adjacent to an activating group) is 1. The van der Waals surface area contributed by atoms with E-state index in [0.29, 0.717) is 6.04 Å². The Labute approximate surface area is 87.9 Å². The molecule has 0 aliphatic heterocycles. The molecule has 0 heterocycles. The minimum Gasteiger partial charge on any atom is -0.314 e. The molecule has 0 amide bonds. The average Bonchev–Trinajstić information content (AvgIpc) is 2.22. The van der Waals surface area contributed by atoms with Crippen LogP contribution in [0.15, 0.2) is 48.6 Å². The van der Waals surface area contributed by atoms with Gasteiger partial charge in [-0.3, -0.25) is 0 Å². The summed E-state index contributed by atoms with van der Waals surface area (Å²) in [5.41, 5.74) is 1.38. The Kier molecular flexibility index (Phi) is 7.86. The van der Waals surface area contributed by atoms with E-state index in [2.05, 4.69) is 37.0 Å². The van der Waals surface area contributed by atoms with E-state index in [1.165, 1.54) is 5.57 Å². The number of rotatable bonds is 6.